The molecule has 0 saturated carbocycles. The summed E-state index contributed by atoms with van der Waals surface area (Å²) in [5, 5.41) is 11.4. The molecule has 1 aliphatic carbocycles. The smallest absolute Gasteiger partial charge is 0.281 e. The Kier molecular flexibility index (Phi) is 6.00. The average molecular weight is 350 g/mol. The molecule has 5 nitrogen and oxygen atoms in total. The number of aryl methyl sites for hydroxylation is 1. The number of hydrogen-bond donors (Lipinski definition) is 2. The molecule has 26 heavy (non-hydrogen) atoms. The fraction of sp³-hybridized carbons (Fsp3) is 0.381. The standard InChI is InChI=1S/C21H26N4O/c1-15(2)12-13-17(16-8-4-3-5-9-16)14-22-25-21(26)20-18-10-6-7-11-19(18)23-24-20/h3-5,8-9,13-15H,6-7,10-12H2,1-2H3,(H,23,24)(H,25,26)/b17-13-,22-14+. The van der Waals surface area contributed by atoms with Crippen LogP contribution in [0.25, 0.3) is 5.57 Å². The van der Waals surface area contributed by atoms with E-state index in [0.717, 1.165) is 54.5 Å². The van der Waals surface area contributed by atoms with Gasteiger partial charge in [0.1, 0.15) is 0 Å². The summed E-state index contributed by atoms with van der Waals surface area (Å²) < 4.78 is 0. The van der Waals surface area contributed by atoms with Crippen molar-refractivity contribution in [2.75, 3.05) is 0 Å². The second-order valence-corrected chi connectivity index (χ2v) is 7.09. The Labute approximate surface area is 154 Å². The second kappa shape index (κ2) is 8.61. The number of nitrogens with zero attached hydrogens (tertiary/aromatic N) is 2. The molecule has 136 valence electrons. The van der Waals surface area contributed by atoms with Crippen molar-refractivity contribution < 1.29 is 4.79 Å². The maximum atomic E-state index is 12.4. The number of carbonyl (C=O) groups is 1. The van der Waals surface area contributed by atoms with Crippen molar-refractivity contribution in [2.45, 2.75) is 46.0 Å². The summed E-state index contributed by atoms with van der Waals surface area (Å²) in [5.74, 6) is 0.309. The molecule has 1 aromatic heterocycles. The van der Waals surface area contributed by atoms with Gasteiger partial charge in [-0.1, -0.05) is 50.3 Å². The van der Waals surface area contributed by atoms with Gasteiger partial charge in [-0.2, -0.15) is 10.2 Å². The number of fused-ring (bicyclic) bond motifs is 1. The Morgan fingerprint density at radius 3 is 2.81 bits per heavy atom. The molecular formula is C21H26N4O. The highest BCUT2D eigenvalue weighted by molar-refractivity contribution is 6.10. The minimum atomic E-state index is -0.253. The Bertz CT molecular complexity index is 803. The lowest BCUT2D eigenvalue weighted by atomic mass is 9.96. The number of hydrazone groups is 1. The first kappa shape index (κ1) is 18.1. The molecule has 0 atom stereocenters. The third-order valence-corrected chi connectivity index (χ3v) is 4.56. The van der Waals surface area contributed by atoms with Gasteiger partial charge in [-0.25, -0.2) is 5.43 Å². The Hall–Kier alpha value is -2.69. The molecule has 3 rings (SSSR count). The van der Waals surface area contributed by atoms with Crippen molar-refractivity contribution in [3.8, 4) is 0 Å². The van der Waals surface area contributed by atoms with Gasteiger partial charge in [-0.3, -0.25) is 9.89 Å². The number of nitrogens with one attached hydrogen (secondary N) is 2. The Morgan fingerprint density at radius 1 is 1.27 bits per heavy atom. The van der Waals surface area contributed by atoms with E-state index in [9.17, 15) is 4.79 Å². The minimum Gasteiger partial charge on any atom is -0.281 e. The number of aromatic amines is 1. The summed E-state index contributed by atoms with van der Waals surface area (Å²) in [7, 11) is 0. The normalized spacial score (nSPS) is 14.7. The Balaban J connectivity index is 1.71. The molecule has 0 aliphatic heterocycles. The SMILES string of the molecule is CC(C)C/C=C(/C=N/NC(=O)c1n[nH]c2c1CCCC2)c1ccccc1. The molecule has 0 saturated heterocycles. The summed E-state index contributed by atoms with van der Waals surface area (Å²) in [6.45, 7) is 4.36. The number of benzene rings is 1. The Morgan fingerprint density at radius 2 is 2.04 bits per heavy atom. The predicted molar refractivity (Wildman–Crippen MR) is 105 cm³/mol. The van der Waals surface area contributed by atoms with E-state index in [2.05, 4.69) is 40.6 Å². The topological polar surface area (TPSA) is 70.1 Å². The zero-order chi connectivity index (χ0) is 18.4. The summed E-state index contributed by atoms with van der Waals surface area (Å²) in [6, 6.07) is 10.1. The van der Waals surface area contributed by atoms with E-state index >= 15 is 0 Å². The van der Waals surface area contributed by atoms with Crippen LogP contribution < -0.4 is 5.43 Å². The molecule has 1 aliphatic rings. The van der Waals surface area contributed by atoms with Gasteiger partial charge in [0.15, 0.2) is 5.69 Å². The lowest BCUT2D eigenvalue weighted by Gasteiger charge is -2.10. The molecule has 0 bridgehead atoms. The molecule has 5 heteroatoms. The van der Waals surface area contributed by atoms with Crippen LogP contribution in [0.15, 0.2) is 41.5 Å². The molecule has 0 unspecified atom stereocenters. The molecule has 0 radical (unpaired) electrons. The lowest BCUT2D eigenvalue weighted by molar-refractivity contribution is 0.0949. The largest absolute Gasteiger partial charge is 0.292 e. The van der Waals surface area contributed by atoms with Gasteiger partial charge in [-0.15, -0.1) is 0 Å². The quantitative estimate of drug-likeness (QED) is 0.607. The summed E-state index contributed by atoms with van der Waals surface area (Å²) in [4.78, 5) is 12.4. The van der Waals surface area contributed by atoms with Crippen molar-refractivity contribution in [3.63, 3.8) is 0 Å². The van der Waals surface area contributed by atoms with E-state index in [0.29, 0.717) is 11.6 Å². The van der Waals surface area contributed by atoms with Crippen LogP contribution >= 0.6 is 0 Å². The maximum absolute atomic E-state index is 12.4. The molecule has 1 aromatic carbocycles. The van der Waals surface area contributed by atoms with Crippen LogP contribution in [0.1, 0.15) is 60.4 Å². The summed E-state index contributed by atoms with van der Waals surface area (Å²) in [6.07, 6.45) is 8.95. The van der Waals surface area contributed by atoms with E-state index in [1.807, 2.05) is 30.3 Å². The zero-order valence-electron chi connectivity index (χ0n) is 15.5. The van der Waals surface area contributed by atoms with Crippen LogP contribution in [0.3, 0.4) is 0 Å². The number of carbonyl (C=O) groups excluding carboxylic acids is 1. The lowest BCUT2D eigenvalue weighted by Crippen LogP contribution is -2.20. The van der Waals surface area contributed by atoms with Gasteiger partial charge < -0.3 is 0 Å². The highest BCUT2D eigenvalue weighted by atomic mass is 16.2. The highest BCUT2D eigenvalue weighted by Crippen LogP contribution is 2.22. The highest BCUT2D eigenvalue weighted by Gasteiger charge is 2.21. The number of hydrogen-bond acceptors (Lipinski definition) is 3. The second-order valence-electron chi connectivity index (χ2n) is 7.09. The van der Waals surface area contributed by atoms with Crippen LogP contribution in [-0.4, -0.2) is 22.3 Å². The number of rotatable bonds is 6. The van der Waals surface area contributed by atoms with Crippen molar-refractivity contribution in [1.29, 1.82) is 0 Å². The number of amides is 1. The van der Waals surface area contributed by atoms with E-state index in [1.165, 1.54) is 0 Å². The van der Waals surface area contributed by atoms with Gasteiger partial charge in [0, 0.05) is 11.3 Å². The van der Waals surface area contributed by atoms with Gasteiger partial charge >= 0.3 is 0 Å². The van der Waals surface area contributed by atoms with Gasteiger partial charge in [0.05, 0.1) is 6.21 Å². The first-order valence-corrected chi connectivity index (χ1v) is 9.30. The monoisotopic (exact) mass is 350 g/mol. The fourth-order valence-electron chi connectivity index (χ4n) is 3.12. The van der Waals surface area contributed by atoms with Crippen molar-refractivity contribution >= 4 is 17.7 Å². The van der Waals surface area contributed by atoms with Gasteiger partial charge in [0.25, 0.3) is 5.91 Å². The summed E-state index contributed by atoms with van der Waals surface area (Å²) in [5.41, 5.74) is 7.33. The van der Waals surface area contributed by atoms with Gasteiger partial charge in [-0.05, 0) is 49.2 Å². The van der Waals surface area contributed by atoms with E-state index in [4.69, 9.17) is 0 Å². The average Bonchev–Trinajstić information content (AvgIpc) is 3.09. The molecule has 2 aromatic rings. The van der Waals surface area contributed by atoms with E-state index in [-0.39, 0.29) is 5.91 Å². The van der Waals surface area contributed by atoms with Crippen LogP contribution in [0.2, 0.25) is 0 Å². The molecule has 1 heterocycles. The first-order chi connectivity index (χ1) is 12.6. The number of H-pyrrole nitrogens is 1. The van der Waals surface area contributed by atoms with Crippen LogP contribution in [-0.2, 0) is 12.8 Å². The molecule has 0 fully saturated rings. The third-order valence-electron chi connectivity index (χ3n) is 4.56. The minimum absolute atomic E-state index is 0.253. The van der Waals surface area contributed by atoms with Crippen LogP contribution in [0, 0.1) is 5.92 Å². The molecule has 0 spiro atoms. The van der Waals surface area contributed by atoms with E-state index < -0.39 is 0 Å². The maximum Gasteiger partial charge on any atom is 0.292 e. The number of allylic oxidation sites excluding steroid dienone is 2. The molecule has 1 amide bonds. The first-order valence-electron chi connectivity index (χ1n) is 9.30. The van der Waals surface area contributed by atoms with Gasteiger partial charge in [0.2, 0.25) is 0 Å². The fourth-order valence-corrected chi connectivity index (χ4v) is 3.12. The van der Waals surface area contributed by atoms with Crippen LogP contribution in [0.4, 0.5) is 0 Å². The third kappa shape index (κ3) is 4.48. The van der Waals surface area contributed by atoms with Crippen molar-refractivity contribution in [1.82, 2.24) is 15.6 Å². The van der Waals surface area contributed by atoms with Crippen molar-refractivity contribution in [3.05, 3.63) is 58.9 Å². The van der Waals surface area contributed by atoms with Crippen LogP contribution in [0.5, 0.6) is 0 Å². The van der Waals surface area contributed by atoms with E-state index in [1.54, 1.807) is 6.21 Å². The molecular weight excluding hydrogens is 324 g/mol. The zero-order valence-corrected chi connectivity index (χ0v) is 15.5. The molecule has 2 N–H and O–H groups in total. The summed E-state index contributed by atoms with van der Waals surface area (Å²) >= 11 is 0. The van der Waals surface area contributed by atoms with Crippen molar-refractivity contribution in [2.24, 2.45) is 11.0 Å². The number of aromatic nitrogens is 2. The predicted octanol–water partition coefficient (Wildman–Crippen LogP) is 4.13.